The molecule has 1 saturated carbocycles. The van der Waals surface area contributed by atoms with Crippen molar-refractivity contribution in [1.82, 2.24) is 14.5 Å². The van der Waals surface area contributed by atoms with Crippen molar-refractivity contribution < 1.29 is 35.2 Å². The summed E-state index contributed by atoms with van der Waals surface area (Å²) in [5.74, 6) is -3.87. The first-order chi connectivity index (χ1) is 16.1. The van der Waals surface area contributed by atoms with E-state index in [1.165, 1.54) is 11.2 Å². The van der Waals surface area contributed by atoms with Crippen molar-refractivity contribution >= 4 is 39.1 Å². The average Bonchev–Trinajstić information content (AvgIpc) is 2.78. The van der Waals surface area contributed by atoms with Gasteiger partial charge in [-0.3, -0.25) is 9.69 Å². The van der Waals surface area contributed by atoms with Crippen molar-refractivity contribution in [1.29, 1.82) is 0 Å². The maximum Gasteiger partial charge on any atom is 0.417 e. The van der Waals surface area contributed by atoms with Crippen LogP contribution in [0.25, 0.3) is 0 Å². The van der Waals surface area contributed by atoms with E-state index >= 15 is 0 Å². The summed E-state index contributed by atoms with van der Waals surface area (Å²) < 4.78 is 93.4. The topological polar surface area (TPSA) is 69.7 Å². The molecule has 2 aliphatic rings. The molecule has 1 amide bonds. The second-order valence-electron chi connectivity index (χ2n) is 8.83. The minimum absolute atomic E-state index is 0.0187. The number of amides is 1. The van der Waals surface area contributed by atoms with Gasteiger partial charge in [-0.15, -0.1) is 0 Å². The Hall–Kier alpha value is -1.21. The molecule has 1 aromatic rings. The quantitative estimate of drug-likeness (QED) is 0.509. The average molecular weight is 566 g/mol. The number of hydrogen-bond acceptors (Lipinski definition) is 4. The maximum atomic E-state index is 14.0. The smallest absolute Gasteiger partial charge is 0.350 e. The zero-order chi connectivity index (χ0) is 26.2. The maximum absolute atomic E-state index is 14.0. The Balaban J connectivity index is 1.81. The molecule has 14 heteroatoms. The molecule has 1 N–H and O–H groups in total. The Kier molecular flexibility index (Phi) is 8.33. The summed E-state index contributed by atoms with van der Waals surface area (Å²) in [5.41, 5.74) is -2.67. The summed E-state index contributed by atoms with van der Waals surface area (Å²) >= 11 is 11.8. The zero-order valence-corrected chi connectivity index (χ0v) is 21.2. The van der Waals surface area contributed by atoms with Gasteiger partial charge in [-0.05, 0) is 31.9 Å². The minimum atomic E-state index is -4.80. The third-order valence-electron chi connectivity index (χ3n) is 6.78. The second-order valence-corrected chi connectivity index (χ2v) is 11.9. The molecule has 6 nitrogen and oxygen atoms in total. The van der Waals surface area contributed by atoms with Crippen LogP contribution in [-0.4, -0.2) is 73.5 Å². The Morgan fingerprint density at radius 1 is 1.06 bits per heavy atom. The number of piperazine rings is 1. The standard InChI is InChI=1S/C21H26Cl2F5N3O3S/c1-2-35(33,34)31-11-9-30(10-12-31)19(5-7-20(24,25)8-6-19)13-29-18(32)16-15(22)4-3-14(17(16)23)21(26,27)28/h3-4H,2,5-13H2,1H3,(H,29,32). The van der Waals surface area contributed by atoms with E-state index in [1.54, 1.807) is 0 Å². The van der Waals surface area contributed by atoms with Gasteiger partial charge in [0.1, 0.15) is 0 Å². The number of hydrogen-bond donors (Lipinski definition) is 1. The predicted molar refractivity (Wildman–Crippen MR) is 123 cm³/mol. The largest absolute Gasteiger partial charge is 0.417 e. The molecular formula is C21H26Cl2F5N3O3S. The van der Waals surface area contributed by atoms with E-state index in [0.717, 1.165) is 6.07 Å². The van der Waals surface area contributed by atoms with Crippen LogP contribution in [-0.2, 0) is 16.2 Å². The predicted octanol–water partition coefficient (Wildman–Crippen LogP) is 4.66. The van der Waals surface area contributed by atoms with E-state index < -0.39 is 62.6 Å². The lowest BCUT2D eigenvalue weighted by molar-refractivity contribution is -0.137. The van der Waals surface area contributed by atoms with Crippen molar-refractivity contribution in [2.45, 2.75) is 50.2 Å². The monoisotopic (exact) mass is 565 g/mol. The van der Waals surface area contributed by atoms with Crippen LogP contribution in [0.3, 0.4) is 0 Å². The van der Waals surface area contributed by atoms with Crippen molar-refractivity contribution in [2.24, 2.45) is 0 Å². The van der Waals surface area contributed by atoms with Crippen LogP contribution in [0, 0.1) is 0 Å². The van der Waals surface area contributed by atoms with E-state index in [-0.39, 0.29) is 56.3 Å². The summed E-state index contributed by atoms with van der Waals surface area (Å²) in [6.45, 7) is 2.29. The number of carbonyl (C=O) groups is 1. The van der Waals surface area contributed by atoms with Gasteiger partial charge in [0.05, 0.1) is 26.9 Å². The van der Waals surface area contributed by atoms with Gasteiger partial charge in [-0.25, -0.2) is 17.2 Å². The molecule has 1 aliphatic carbocycles. The van der Waals surface area contributed by atoms with E-state index in [4.69, 9.17) is 23.2 Å². The van der Waals surface area contributed by atoms with Crippen LogP contribution in [0.5, 0.6) is 0 Å². The molecule has 198 valence electrons. The summed E-state index contributed by atoms with van der Waals surface area (Å²) in [7, 11) is -3.41. The van der Waals surface area contributed by atoms with Gasteiger partial charge >= 0.3 is 6.18 Å². The molecule has 1 aromatic carbocycles. The Morgan fingerprint density at radius 3 is 2.14 bits per heavy atom. The molecular weight excluding hydrogens is 540 g/mol. The number of halogens is 7. The third kappa shape index (κ3) is 6.20. The van der Waals surface area contributed by atoms with E-state index in [2.05, 4.69) is 5.32 Å². The second kappa shape index (κ2) is 10.3. The van der Waals surface area contributed by atoms with Gasteiger partial charge < -0.3 is 5.32 Å². The zero-order valence-electron chi connectivity index (χ0n) is 18.9. The molecule has 1 heterocycles. The number of sulfonamides is 1. The minimum Gasteiger partial charge on any atom is -0.350 e. The van der Waals surface area contributed by atoms with Gasteiger partial charge in [0.15, 0.2) is 0 Å². The highest BCUT2D eigenvalue weighted by atomic mass is 35.5. The Bertz CT molecular complexity index is 1050. The molecule has 3 rings (SSSR count). The van der Waals surface area contributed by atoms with Crippen LogP contribution in [0.1, 0.15) is 48.5 Å². The summed E-state index contributed by atoms with van der Waals surface area (Å²) in [6, 6.07) is 1.60. The molecule has 0 bridgehead atoms. The molecule has 0 spiro atoms. The molecule has 1 aliphatic heterocycles. The van der Waals surface area contributed by atoms with Crippen LogP contribution >= 0.6 is 23.2 Å². The summed E-state index contributed by atoms with van der Waals surface area (Å²) in [4.78, 5) is 14.8. The first-order valence-electron chi connectivity index (χ1n) is 11.1. The lowest BCUT2D eigenvalue weighted by atomic mass is 9.78. The van der Waals surface area contributed by atoms with Crippen molar-refractivity contribution in [3.63, 3.8) is 0 Å². The Labute approximate surface area is 210 Å². The van der Waals surface area contributed by atoms with Crippen LogP contribution in [0.15, 0.2) is 12.1 Å². The normalized spacial score (nSPS) is 21.6. The highest BCUT2D eigenvalue weighted by molar-refractivity contribution is 7.89. The first kappa shape index (κ1) is 28.4. The molecule has 0 atom stereocenters. The fourth-order valence-electron chi connectivity index (χ4n) is 4.62. The van der Waals surface area contributed by atoms with Crippen molar-refractivity contribution in [2.75, 3.05) is 38.5 Å². The van der Waals surface area contributed by atoms with Crippen molar-refractivity contribution in [3.8, 4) is 0 Å². The lowest BCUT2D eigenvalue weighted by Crippen LogP contribution is -2.63. The summed E-state index contributed by atoms with van der Waals surface area (Å²) in [6.07, 6.45) is -5.62. The van der Waals surface area contributed by atoms with Gasteiger partial charge in [0.25, 0.3) is 5.91 Å². The van der Waals surface area contributed by atoms with Gasteiger partial charge in [0, 0.05) is 51.1 Å². The lowest BCUT2D eigenvalue weighted by Gasteiger charge is -2.50. The molecule has 0 unspecified atom stereocenters. The highest BCUT2D eigenvalue weighted by Crippen LogP contribution is 2.42. The number of carbonyl (C=O) groups excluding carboxylic acids is 1. The number of nitrogens with one attached hydrogen (secondary N) is 1. The van der Waals surface area contributed by atoms with Gasteiger partial charge in [-0.2, -0.15) is 17.5 Å². The molecule has 1 saturated heterocycles. The fourth-order valence-corrected chi connectivity index (χ4v) is 6.36. The van der Waals surface area contributed by atoms with Crippen molar-refractivity contribution in [3.05, 3.63) is 33.3 Å². The first-order valence-corrected chi connectivity index (χ1v) is 13.4. The van der Waals surface area contributed by atoms with E-state index in [1.807, 2.05) is 4.90 Å². The number of benzene rings is 1. The fraction of sp³-hybridized carbons (Fsp3) is 0.667. The number of rotatable bonds is 6. The number of nitrogens with zero attached hydrogens (tertiary/aromatic N) is 2. The highest BCUT2D eigenvalue weighted by Gasteiger charge is 2.48. The van der Waals surface area contributed by atoms with E-state index in [0.29, 0.717) is 6.07 Å². The van der Waals surface area contributed by atoms with Gasteiger partial charge in [-0.1, -0.05) is 23.2 Å². The van der Waals surface area contributed by atoms with E-state index in [9.17, 15) is 35.2 Å². The molecule has 0 aromatic heterocycles. The molecule has 35 heavy (non-hydrogen) atoms. The SMILES string of the molecule is CCS(=O)(=O)N1CCN(C2(CNC(=O)c3c(Cl)ccc(C(F)(F)F)c3Cl)CCC(F)(F)CC2)CC1. The molecule has 0 radical (unpaired) electrons. The van der Waals surface area contributed by atoms with Crippen LogP contribution < -0.4 is 5.32 Å². The third-order valence-corrected chi connectivity index (χ3v) is 9.37. The van der Waals surface area contributed by atoms with Crippen LogP contribution in [0.2, 0.25) is 10.0 Å². The van der Waals surface area contributed by atoms with Crippen LogP contribution in [0.4, 0.5) is 22.0 Å². The summed E-state index contributed by atoms with van der Waals surface area (Å²) in [5, 5.41) is 1.44. The van der Waals surface area contributed by atoms with Gasteiger partial charge in [0.2, 0.25) is 15.9 Å². The number of alkyl halides is 5. The molecule has 2 fully saturated rings. The Morgan fingerprint density at radius 2 is 1.63 bits per heavy atom.